The number of thiophene rings is 1. The van der Waals surface area contributed by atoms with Crippen LogP contribution in [0.4, 0.5) is 5.82 Å². The molecular weight excluding hydrogens is 404 g/mol. The number of fused-ring (bicyclic) bond motifs is 1. The third-order valence-corrected chi connectivity index (χ3v) is 7.27. The third kappa shape index (κ3) is 3.83. The Balaban J connectivity index is 1.26. The molecule has 31 heavy (non-hydrogen) atoms. The summed E-state index contributed by atoms with van der Waals surface area (Å²) in [4.78, 5) is 19.7. The van der Waals surface area contributed by atoms with E-state index in [1.54, 1.807) is 11.3 Å². The van der Waals surface area contributed by atoms with Gasteiger partial charge in [-0.3, -0.25) is 9.89 Å². The highest BCUT2D eigenvalue weighted by Gasteiger charge is 2.25. The minimum atomic E-state index is 0.103. The lowest BCUT2D eigenvalue weighted by Gasteiger charge is -2.35. The second-order valence-electron chi connectivity index (χ2n) is 8.32. The molecule has 6 heteroatoms. The van der Waals surface area contributed by atoms with Crippen molar-refractivity contribution in [2.24, 2.45) is 0 Å². The number of carbonyl (C=O) groups is 1. The number of anilines is 1. The number of hydrogen-bond acceptors (Lipinski definition) is 4. The fourth-order valence-electron chi connectivity index (χ4n) is 4.09. The van der Waals surface area contributed by atoms with Crippen LogP contribution in [0.5, 0.6) is 0 Å². The van der Waals surface area contributed by atoms with Crippen LogP contribution >= 0.6 is 11.3 Å². The quantitative estimate of drug-likeness (QED) is 0.473. The molecule has 1 aliphatic rings. The molecule has 5 rings (SSSR count). The van der Waals surface area contributed by atoms with Gasteiger partial charge >= 0.3 is 0 Å². The first kappa shape index (κ1) is 19.8. The van der Waals surface area contributed by atoms with Crippen molar-refractivity contribution >= 4 is 33.3 Å². The molecule has 5 nitrogen and oxygen atoms in total. The van der Waals surface area contributed by atoms with Gasteiger partial charge in [0.1, 0.15) is 10.6 Å². The third-order valence-electron chi connectivity index (χ3n) is 5.94. The number of carbonyl (C=O) groups excluding carboxylic acids is 1. The number of nitrogens with zero attached hydrogens (tertiary/aromatic N) is 3. The highest BCUT2D eigenvalue weighted by Crippen LogP contribution is 2.35. The first-order valence-corrected chi connectivity index (χ1v) is 11.6. The second-order valence-corrected chi connectivity index (χ2v) is 9.38. The molecule has 158 valence electrons. The van der Waals surface area contributed by atoms with E-state index in [1.807, 2.05) is 47.4 Å². The maximum atomic E-state index is 13.0. The van der Waals surface area contributed by atoms with Crippen molar-refractivity contribution in [1.82, 2.24) is 15.1 Å². The highest BCUT2D eigenvalue weighted by atomic mass is 32.1. The SMILES string of the molecule is CC(C)c1cc2c(N3CCN(C(=O)c4ccc(-c5ccccc5)cc4)CC3)[nH]nc2s1. The maximum absolute atomic E-state index is 13.0. The zero-order valence-corrected chi connectivity index (χ0v) is 18.7. The van der Waals surface area contributed by atoms with Gasteiger partial charge in [0.2, 0.25) is 0 Å². The molecule has 0 radical (unpaired) electrons. The van der Waals surface area contributed by atoms with Crippen molar-refractivity contribution in [3.63, 3.8) is 0 Å². The van der Waals surface area contributed by atoms with Crippen LogP contribution in [0, 0.1) is 0 Å². The summed E-state index contributed by atoms with van der Waals surface area (Å²) in [5, 5.41) is 8.91. The average Bonchev–Trinajstić information content (AvgIpc) is 3.41. The van der Waals surface area contributed by atoms with Crippen LogP contribution < -0.4 is 4.90 Å². The van der Waals surface area contributed by atoms with Crippen LogP contribution in [-0.2, 0) is 0 Å². The van der Waals surface area contributed by atoms with Gasteiger partial charge in [0.25, 0.3) is 5.91 Å². The normalized spacial score (nSPS) is 14.5. The van der Waals surface area contributed by atoms with Crippen molar-refractivity contribution in [2.45, 2.75) is 19.8 Å². The minimum Gasteiger partial charge on any atom is -0.353 e. The molecule has 0 unspecified atom stereocenters. The van der Waals surface area contributed by atoms with E-state index in [1.165, 1.54) is 10.3 Å². The predicted molar refractivity (Wildman–Crippen MR) is 128 cm³/mol. The van der Waals surface area contributed by atoms with Crippen LogP contribution in [0.2, 0.25) is 0 Å². The van der Waals surface area contributed by atoms with Crippen molar-refractivity contribution < 1.29 is 4.79 Å². The smallest absolute Gasteiger partial charge is 0.253 e. The Labute approximate surface area is 186 Å². The number of H-pyrrole nitrogens is 1. The van der Waals surface area contributed by atoms with Gasteiger partial charge in [-0.2, -0.15) is 5.10 Å². The highest BCUT2D eigenvalue weighted by molar-refractivity contribution is 7.18. The van der Waals surface area contributed by atoms with Gasteiger partial charge in [-0.15, -0.1) is 11.3 Å². The molecular formula is C25H26N4OS. The van der Waals surface area contributed by atoms with Crippen LogP contribution in [0.15, 0.2) is 60.7 Å². The number of piperazine rings is 1. The lowest BCUT2D eigenvalue weighted by atomic mass is 10.0. The van der Waals surface area contributed by atoms with E-state index < -0.39 is 0 Å². The monoisotopic (exact) mass is 430 g/mol. The molecule has 0 spiro atoms. The zero-order valence-electron chi connectivity index (χ0n) is 17.8. The van der Waals surface area contributed by atoms with E-state index >= 15 is 0 Å². The Hall–Kier alpha value is -3.12. The standard InChI is InChI=1S/C25H26N4OS/c1-17(2)22-16-21-23(26-27-24(21)31-22)28-12-14-29(15-13-28)25(30)20-10-8-19(9-11-20)18-6-4-3-5-7-18/h3-11,16-17H,12-15H2,1-2H3,(H,26,27). The van der Waals surface area contributed by atoms with Gasteiger partial charge in [-0.1, -0.05) is 56.3 Å². The molecule has 2 aromatic heterocycles. The van der Waals surface area contributed by atoms with E-state index in [-0.39, 0.29) is 5.91 Å². The van der Waals surface area contributed by atoms with Crippen LogP contribution in [-0.4, -0.2) is 47.2 Å². The Morgan fingerprint density at radius 3 is 2.32 bits per heavy atom. The van der Waals surface area contributed by atoms with Gasteiger partial charge in [0, 0.05) is 36.6 Å². The summed E-state index contributed by atoms with van der Waals surface area (Å²) in [6.45, 7) is 7.45. The number of amides is 1. The molecule has 1 amide bonds. The Morgan fingerprint density at radius 1 is 0.968 bits per heavy atom. The fourth-order valence-corrected chi connectivity index (χ4v) is 5.09. The van der Waals surface area contributed by atoms with Crippen molar-refractivity contribution in [2.75, 3.05) is 31.1 Å². The summed E-state index contributed by atoms with van der Waals surface area (Å²) in [6, 6.07) is 20.4. The molecule has 4 aromatic rings. The summed E-state index contributed by atoms with van der Waals surface area (Å²) in [6.07, 6.45) is 0. The van der Waals surface area contributed by atoms with Crippen molar-refractivity contribution in [3.05, 3.63) is 71.1 Å². The van der Waals surface area contributed by atoms with E-state index in [0.717, 1.165) is 40.4 Å². The summed E-state index contributed by atoms with van der Waals surface area (Å²) in [7, 11) is 0. The Morgan fingerprint density at radius 2 is 1.65 bits per heavy atom. The molecule has 1 fully saturated rings. The van der Waals surface area contributed by atoms with E-state index in [9.17, 15) is 4.79 Å². The number of nitrogens with one attached hydrogen (secondary N) is 1. The molecule has 0 aliphatic carbocycles. The van der Waals surface area contributed by atoms with E-state index in [4.69, 9.17) is 0 Å². The molecule has 0 bridgehead atoms. The zero-order chi connectivity index (χ0) is 21.4. The lowest BCUT2D eigenvalue weighted by molar-refractivity contribution is 0.0746. The number of hydrogen-bond donors (Lipinski definition) is 1. The average molecular weight is 431 g/mol. The van der Waals surface area contributed by atoms with Crippen molar-refractivity contribution in [3.8, 4) is 11.1 Å². The molecule has 1 saturated heterocycles. The summed E-state index contributed by atoms with van der Waals surface area (Å²) < 4.78 is 0. The van der Waals surface area contributed by atoms with Gasteiger partial charge in [0.15, 0.2) is 0 Å². The summed E-state index contributed by atoms with van der Waals surface area (Å²) in [5.41, 5.74) is 3.04. The number of aromatic nitrogens is 2. The largest absolute Gasteiger partial charge is 0.353 e. The fraction of sp³-hybridized carbons (Fsp3) is 0.280. The topological polar surface area (TPSA) is 52.2 Å². The van der Waals surface area contributed by atoms with Gasteiger partial charge in [0.05, 0.1) is 5.39 Å². The first-order chi connectivity index (χ1) is 15.1. The molecule has 1 aliphatic heterocycles. The Kier molecular flexibility index (Phi) is 5.24. The van der Waals surface area contributed by atoms with Crippen LogP contribution in [0.25, 0.3) is 21.3 Å². The second kappa shape index (κ2) is 8.19. The number of benzene rings is 2. The van der Waals surface area contributed by atoms with E-state index in [2.05, 4.69) is 47.1 Å². The maximum Gasteiger partial charge on any atom is 0.253 e. The van der Waals surface area contributed by atoms with Gasteiger partial charge in [-0.25, -0.2) is 0 Å². The summed E-state index contributed by atoms with van der Waals surface area (Å²) >= 11 is 1.76. The van der Waals surface area contributed by atoms with Crippen LogP contribution in [0.1, 0.15) is 35.0 Å². The predicted octanol–water partition coefficient (Wildman–Crippen LogP) is 5.38. The first-order valence-electron chi connectivity index (χ1n) is 10.8. The molecule has 0 saturated carbocycles. The molecule has 3 heterocycles. The lowest BCUT2D eigenvalue weighted by Crippen LogP contribution is -2.49. The molecule has 0 atom stereocenters. The van der Waals surface area contributed by atoms with E-state index in [0.29, 0.717) is 19.0 Å². The van der Waals surface area contributed by atoms with Gasteiger partial charge < -0.3 is 9.80 Å². The van der Waals surface area contributed by atoms with Crippen LogP contribution in [0.3, 0.4) is 0 Å². The van der Waals surface area contributed by atoms with Crippen molar-refractivity contribution in [1.29, 1.82) is 0 Å². The number of rotatable bonds is 4. The number of aromatic amines is 1. The molecule has 2 aromatic carbocycles. The molecule has 1 N–H and O–H groups in total. The Bertz CT molecular complexity index is 1190. The van der Waals surface area contributed by atoms with Gasteiger partial charge in [-0.05, 0) is 35.2 Å². The minimum absolute atomic E-state index is 0.103. The summed E-state index contributed by atoms with van der Waals surface area (Å²) in [5.74, 6) is 1.69.